The number of rotatable bonds is 11. The number of aliphatic hydroxyl groups is 1. The van der Waals surface area contributed by atoms with Crippen LogP contribution in [0.25, 0.3) is 0 Å². The quantitative estimate of drug-likeness (QED) is 0.157. The van der Waals surface area contributed by atoms with Crippen LogP contribution in [-0.4, -0.2) is 34.5 Å². The zero-order valence-corrected chi connectivity index (χ0v) is 24.7. The summed E-state index contributed by atoms with van der Waals surface area (Å²) in [5, 5.41) is 24.4. The van der Waals surface area contributed by atoms with Gasteiger partial charge >= 0.3 is 18.2 Å². The first-order valence-corrected chi connectivity index (χ1v) is 14.2. The highest BCUT2D eigenvalue weighted by Gasteiger charge is 2.27. The number of carboxylic acid groups (broad SMARTS) is 1. The standard InChI is InChI=1S/C18H19NO4.C17H19NO3/c1-13(17(20)21)16(15-10-6-3-7-11-15)19-18(22)23-12-14-8-4-2-5-9-14;1-13(19)16(15-10-6-3-7-11-15)18-17(20)21-12-14-8-4-2-5-9-14/h2-11,13,16H,12H2,1H3,(H,19,22)(H,20,21);2-11,13,16,19H,12H2,1H3,(H,18,20). The molecule has 0 aliphatic heterocycles. The van der Waals surface area contributed by atoms with Crippen LogP contribution >= 0.6 is 0 Å². The summed E-state index contributed by atoms with van der Waals surface area (Å²) in [5.41, 5.74) is 3.34. The normalized spacial score (nSPS) is 13.1. The van der Waals surface area contributed by atoms with E-state index in [0.29, 0.717) is 0 Å². The maximum atomic E-state index is 12.0. The summed E-state index contributed by atoms with van der Waals surface area (Å²) in [6.07, 6.45) is -1.90. The molecule has 0 saturated carbocycles. The zero-order chi connectivity index (χ0) is 31.7. The Morgan fingerprint density at radius 1 is 0.591 bits per heavy atom. The van der Waals surface area contributed by atoms with Crippen LogP contribution < -0.4 is 10.6 Å². The Balaban J connectivity index is 0.000000241. The van der Waals surface area contributed by atoms with E-state index in [2.05, 4.69) is 10.6 Å². The SMILES string of the molecule is CC(C(=O)O)C(NC(=O)OCc1ccccc1)c1ccccc1.CC(O)C(NC(=O)OCc1ccccc1)c1ccccc1. The van der Waals surface area contributed by atoms with Crippen molar-refractivity contribution in [2.24, 2.45) is 5.92 Å². The maximum Gasteiger partial charge on any atom is 0.408 e. The Kier molecular flexibility index (Phi) is 13.4. The minimum absolute atomic E-state index is 0.135. The van der Waals surface area contributed by atoms with Crippen LogP contribution in [0.2, 0.25) is 0 Å². The van der Waals surface area contributed by atoms with E-state index in [1.54, 1.807) is 38.1 Å². The highest BCUT2D eigenvalue weighted by molar-refractivity contribution is 5.73. The van der Waals surface area contributed by atoms with Crippen molar-refractivity contribution in [3.05, 3.63) is 144 Å². The summed E-state index contributed by atoms with van der Waals surface area (Å²) in [7, 11) is 0. The number of aliphatic carboxylic acids is 1. The summed E-state index contributed by atoms with van der Waals surface area (Å²) in [6, 6.07) is 35.9. The molecular weight excluding hydrogens is 560 g/mol. The third-order valence-electron chi connectivity index (χ3n) is 6.66. The number of ether oxygens (including phenoxy) is 2. The molecule has 4 N–H and O–H groups in total. The fourth-order valence-corrected chi connectivity index (χ4v) is 4.23. The number of alkyl carbamates (subject to hydrolysis) is 2. The second-order valence-corrected chi connectivity index (χ2v) is 10.1. The molecule has 0 radical (unpaired) electrons. The number of carbonyl (C=O) groups is 3. The summed E-state index contributed by atoms with van der Waals surface area (Å²) >= 11 is 0. The Morgan fingerprint density at radius 3 is 1.30 bits per heavy atom. The minimum Gasteiger partial charge on any atom is -0.481 e. The molecule has 4 atom stereocenters. The second-order valence-electron chi connectivity index (χ2n) is 10.1. The van der Waals surface area contributed by atoms with Gasteiger partial charge in [0.15, 0.2) is 0 Å². The van der Waals surface area contributed by atoms with E-state index in [4.69, 9.17) is 9.47 Å². The van der Waals surface area contributed by atoms with Gasteiger partial charge in [0.1, 0.15) is 13.2 Å². The van der Waals surface area contributed by atoms with E-state index < -0.39 is 42.3 Å². The number of carboxylic acids is 1. The van der Waals surface area contributed by atoms with Gasteiger partial charge in [-0.1, -0.05) is 121 Å². The van der Waals surface area contributed by atoms with Crippen molar-refractivity contribution in [1.82, 2.24) is 10.6 Å². The van der Waals surface area contributed by atoms with E-state index in [1.807, 2.05) is 97.1 Å². The number of nitrogens with one attached hydrogen (secondary N) is 2. The molecule has 230 valence electrons. The number of aliphatic hydroxyl groups excluding tert-OH is 1. The summed E-state index contributed by atoms with van der Waals surface area (Å²) in [4.78, 5) is 35.1. The largest absolute Gasteiger partial charge is 0.481 e. The highest BCUT2D eigenvalue weighted by Crippen LogP contribution is 2.22. The van der Waals surface area contributed by atoms with Crippen LogP contribution in [0.5, 0.6) is 0 Å². The Labute approximate surface area is 257 Å². The second kappa shape index (κ2) is 17.7. The van der Waals surface area contributed by atoms with Gasteiger partial charge in [0.2, 0.25) is 0 Å². The smallest absolute Gasteiger partial charge is 0.408 e. The molecule has 0 aliphatic rings. The summed E-state index contributed by atoms with van der Waals surface area (Å²) in [6.45, 7) is 3.52. The number of benzene rings is 4. The lowest BCUT2D eigenvalue weighted by molar-refractivity contribution is -0.142. The molecule has 0 heterocycles. The first kappa shape index (κ1) is 33.4. The molecule has 0 fully saturated rings. The van der Waals surface area contributed by atoms with Crippen molar-refractivity contribution < 1.29 is 34.1 Å². The summed E-state index contributed by atoms with van der Waals surface area (Å²) in [5.74, 6) is -1.76. The van der Waals surface area contributed by atoms with Crippen LogP contribution in [0.4, 0.5) is 9.59 Å². The Bertz CT molecular complexity index is 1420. The minimum atomic E-state index is -0.984. The lowest BCUT2D eigenvalue weighted by Crippen LogP contribution is -2.35. The molecule has 0 bridgehead atoms. The highest BCUT2D eigenvalue weighted by atomic mass is 16.6. The molecule has 9 nitrogen and oxygen atoms in total. The van der Waals surface area contributed by atoms with E-state index in [-0.39, 0.29) is 13.2 Å². The van der Waals surface area contributed by atoms with Gasteiger partial charge in [0, 0.05) is 0 Å². The van der Waals surface area contributed by atoms with Crippen molar-refractivity contribution in [2.75, 3.05) is 0 Å². The molecule has 2 amide bonds. The predicted octanol–water partition coefficient (Wildman–Crippen LogP) is 6.41. The predicted molar refractivity (Wildman–Crippen MR) is 166 cm³/mol. The number of amides is 2. The first-order chi connectivity index (χ1) is 21.2. The third-order valence-corrected chi connectivity index (χ3v) is 6.66. The van der Waals surface area contributed by atoms with Gasteiger partial charge < -0.3 is 30.3 Å². The van der Waals surface area contributed by atoms with E-state index >= 15 is 0 Å². The molecule has 4 unspecified atom stereocenters. The van der Waals surface area contributed by atoms with E-state index in [9.17, 15) is 24.6 Å². The molecule has 9 heteroatoms. The van der Waals surface area contributed by atoms with Crippen LogP contribution in [-0.2, 0) is 27.5 Å². The van der Waals surface area contributed by atoms with Gasteiger partial charge in [-0.15, -0.1) is 0 Å². The molecule has 0 aromatic heterocycles. The first-order valence-electron chi connectivity index (χ1n) is 14.2. The van der Waals surface area contributed by atoms with Gasteiger partial charge in [-0.05, 0) is 36.1 Å². The molecule has 4 aromatic carbocycles. The average molecular weight is 599 g/mol. The van der Waals surface area contributed by atoms with Crippen molar-refractivity contribution in [3.8, 4) is 0 Å². The van der Waals surface area contributed by atoms with Gasteiger partial charge in [-0.25, -0.2) is 9.59 Å². The van der Waals surface area contributed by atoms with Crippen LogP contribution in [0.1, 0.15) is 48.2 Å². The van der Waals surface area contributed by atoms with Crippen LogP contribution in [0.15, 0.2) is 121 Å². The van der Waals surface area contributed by atoms with Crippen molar-refractivity contribution >= 4 is 18.2 Å². The maximum absolute atomic E-state index is 12.0. The van der Waals surface area contributed by atoms with Gasteiger partial charge in [-0.2, -0.15) is 0 Å². The zero-order valence-electron chi connectivity index (χ0n) is 24.7. The Morgan fingerprint density at radius 2 is 0.932 bits per heavy atom. The molecule has 0 spiro atoms. The number of carbonyl (C=O) groups excluding carboxylic acids is 2. The average Bonchev–Trinajstić information content (AvgIpc) is 3.05. The van der Waals surface area contributed by atoms with Gasteiger partial charge in [0.25, 0.3) is 0 Å². The van der Waals surface area contributed by atoms with Crippen LogP contribution in [0, 0.1) is 5.92 Å². The summed E-state index contributed by atoms with van der Waals surface area (Å²) < 4.78 is 10.3. The molecule has 0 aliphatic carbocycles. The van der Waals surface area contributed by atoms with Crippen molar-refractivity contribution in [1.29, 1.82) is 0 Å². The van der Waals surface area contributed by atoms with E-state index in [0.717, 1.165) is 22.3 Å². The lowest BCUT2D eigenvalue weighted by Gasteiger charge is -2.22. The monoisotopic (exact) mass is 598 g/mol. The molecular formula is C35H38N2O7. The molecule has 4 aromatic rings. The van der Waals surface area contributed by atoms with Gasteiger partial charge in [-0.3, -0.25) is 4.79 Å². The Hall–Kier alpha value is -5.15. The lowest BCUT2D eigenvalue weighted by atomic mass is 9.95. The third kappa shape index (κ3) is 11.3. The van der Waals surface area contributed by atoms with E-state index in [1.165, 1.54) is 0 Å². The molecule has 4 rings (SSSR count). The molecule has 44 heavy (non-hydrogen) atoms. The topological polar surface area (TPSA) is 134 Å². The molecule has 0 saturated heterocycles. The van der Waals surface area contributed by atoms with Crippen molar-refractivity contribution in [3.63, 3.8) is 0 Å². The number of hydrogen-bond donors (Lipinski definition) is 4. The fraction of sp³-hybridized carbons (Fsp3) is 0.229. The fourth-order valence-electron chi connectivity index (χ4n) is 4.23. The van der Waals surface area contributed by atoms with Crippen molar-refractivity contribution in [2.45, 2.75) is 45.2 Å². The van der Waals surface area contributed by atoms with Gasteiger partial charge in [0.05, 0.1) is 24.1 Å². The number of hydrogen-bond acceptors (Lipinski definition) is 6. The van der Waals surface area contributed by atoms with Crippen LogP contribution in [0.3, 0.4) is 0 Å².